The van der Waals surface area contributed by atoms with Crippen LogP contribution in [0.5, 0.6) is 0 Å². The molecule has 1 spiro atoms. The quantitative estimate of drug-likeness (QED) is 0.463. The van der Waals surface area contributed by atoms with Crippen LogP contribution in [0.2, 0.25) is 0 Å². The molecule has 92 valence electrons. The molecule has 1 unspecified atom stereocenters. The minimum absolute atomic E-state index is 0. The lowest BCUT2D eigenvalue weighted by Gasteiger charge is -2.23. The maximum atomic E-state index is 5.93. The SMILES string of the molecule is I.NC(=NC1CC12CC2)NC1CCCCC1. The third-order valence-corrected chi connectivity index (χ3v) is 4.29. The van der Waals surface area contributed by atoms with Crippen LogP contribution in [-0.2, 0) is 0 Å². The highest BCUT2D eigenvalue weighted by atomic mass is 127. The van der Waals surface area contributed by atoms with Gasteiger partial charge in [-0.05, 0) is 37.5 Å². The van der Waals surface area contributed by atoms with Gasteiger partial charge in [-0.2, -0.15) is 0 Å². The Morgan fingerprint density at radius 1 is 1.19 bits per heavy atom. The minimum atomic E-state index is 0. The summed E-state index contributed by atoms with van der Waals surface area (Å²) >= 11 is 0. The van der Waals surface area contributed by atoms with E-state index in [4.69, 9.17) is 5.73 Å². The molecule has 0 aromatic carbocycles. The average molecular weight is 335 g/mol. The second-order valence-electron chi connectivity index (χ2n) is 5.58. The first-order valence-corrected chi connectivity index (χ1v) is 6.38. The maximum absolute atomic E-state index is 5.93. The van der Waals surface area contributed by atoms with Crippen molar-refractivity contribution < 1.29 is 0 Å². The number of hydrogen-bond acceptors (Lipinski definition) is 1. The van der Waals surface area contributed by atoms with Crippen LogP contribution in [0.3, 0.4) is 0 Å². The third-order valence-electron chi connectivity index (χ3n) is 4.29. The van der Waals surface area contributed by atoms with E-state index in [9.17, 15) is 0 Å². The van der Waals surface area contributed by atoms with Gasteiger partial charge in [-0.1, -0.05) is 19.3 Å². The number of halogens is 1. The van der Waals surface area contributed by atoms with Gasteiger partial charge in [0.1, 0.15) is 0 Å². The number of hydrogen-bond donors (Lipinski definition) is 2. The molecular formula is C12H22IN3. The van der Waals surface area contributed by atoms with Crippen LogP contribution < -0.4 is 11.1 Å². The first-order valence-electron chi connectivity index (χ1n) is 6.38. The predicted octanol–water partition coefficient (Wildman–Crippen LogP) is 2.39. The molecule has 0 heterocycles. The fraction of sp³-hybridized carbons (Fsp3) is 0.917. The molecule has 0 radical (unpaired) electrons. The Bertz CT molecular complexity index is 280. The predicted molar refractivity (Wildman–Crippen MR) is 77.1 cm³/mol. The van der Waals surface area contributed by atoms with Crippen LogP contribution >= 0.6 is 24.0 Å². The maximum Gasteiger partial charge on any atom is 0.189 e. The fourth-order valence-corrected chi connectivity index (χ4v) is 2.87. The van der Waals surface area contributed by atoms with Gasteiger partial charge < -0.3 is 11.1 Å². The molecule has 0 saturated heterocycles. The van der Waals surface area contributed by atoms with E-state index in [0.717, 1.165) is 0 Å². The smallest absolute Gasteiger partial charge is 0.189 e. The van der Waals surface area contributed by atoms with Gasteiger partial charge >= 0.3 is 0 Å². The van der Waals surface area contributed by atoms with E-state index in [0.29, 0.717) is 23.5 Å². The van der Waals surface area contributed by atoms with Crippen LogP contribution in [0.4, 0.5) is 0 Å². The van der Waals surface area contributed by atoms with Gasteiger partial charge in [0, 0.05) is 6.04 Å². The van der Waals surface area contributed by atoms with Gasteiger partial charge in [0.05, 0.1) is 6.04 Å². The van der Waals surface area contributed by atoms with Gasteiger partial charge in [-0.25, -0.2) is 4.99 Å². The van der Waals surface area contributed by atoms with Gasteiger partial charge in [0.25, 0.3) is 0 Å². The molecule has 3 nitrogen and oxygen atoms in total. The van der Waals surface area contributed by atoms with E-state index in [1.54, 1.807) is 0 Å². The summed E-state index contributed by atoms with van der Waals surface area (Å²) in [6.45, 7) is 0. The Labute approximate surface area is 115 Å². The van der Waals surface area contributed by atoms with E-state index in [-0.39, 0.29) is 24.0 Å². The Hall–Kier alpha value is 0. The average Bonchev–Trinajstić information content (AvgIpc) is 3.11. The molecule has 3 aliphatic carbocycles. The standard InChI is InChI=1S/C12H21N3.HI/c13-11(14-9-4-2-1-3-5-9)15-10-8-12(10)6-7-12;/h9-10H,1-8H2,(H3,13,14,15);1H. The summed E-state index contributed by atoms with van der Waals surface area (Å²) < 4.78 is 0. The summed E-state index contributed by atoms with van der Waals surface area (Å²) in [5.41, 5.74) is 6.57. The largest absolute Gasteiger partial charge is 0.370 e. The molecule has 3 rings (SSSR count). The van der Waals surface area contributed by atoms with Crippen molar-refractivity contribution in [3.8, 4) is 0 Å². The second kappa shape index (κ2) is 4.70. The minimum Gasteiger partial charge on any atom is -0.370 e. The fourth-order valence-electron chi connectivity index (χ4n) is 2.87. The number of guanidine groups is 1. The molecule has 0 aromatic heterocycles. The highest BCUT2D eigenvalue weighted by Crippen LogP contribution is 2.67. The molecule has 3 aliphatic rings. The van der Waals surface area contributed by atoms with E-state index in [1.807, 2.05) is 0 Å². The van der Waals surface area contributed by atoms with E-state index >= 15 is 0 Å². The van der Waals surface area contributed by atoms with Crippen molar-refractivity contribution in [3.63, 3.8) is 0 Å². The number of aliphatic imine (C=N–C) groups is 1. The zero-order valence-electron chi connectivity index (χ0n) is 9.74. The molecule has 3 N–H and O–H groups in total. The molecule has 16 heavy (non-hydrogen) atoms. The topological polar surface area (TPSA) is 50.4 Å². The highest BCUT2D eigenvalue weighted by molar-refractivity contribution is 14.0. The highest BCUT2D eigenvalue weighted by Gasteiger charge is 2.63. The van der Waals surface area contributed by atoms with Gasteiger partial charge in [-0.3, -0.25) is 0 Å². The Morgan fingerprint density at radius 2 is 1.88 bits per heavy atom. The Balaban J connectivity index is 0.000000963. The molecule has 0 aliphatic heterocycles. The third kappa shape index (κ3) is 2.63. The number of nitrogens with two attached hydrogens (primary N) is 1. The molecule has 3 fully saturated rings. The molecule has 4 heteroatoms. The first-order chi connectivity index (χ1) is 7.28. The molecular weight excluding hydrogens is 313 g/mol. The first kappa shape index (κ1) is 12.5. The molecule has 0 amide bonds. The van der Waals surface area contributed by atoms with Crippen molar-refractivity contribution in [2.45, 2.75) is 63.5 Å². The van der Waals surface area contributed by atoms with E-state index in [2.05, 4.69) is 10.3 Å². The lowest BCUT2D eigenvalue weighted by atomic mass is 9.96. The Morgan fingerprint density at radius 3 is 2.44 bits per heavy atom. The summed E-state index contributed by atoms with van der Waals surface area (Å²) in [6.07, 6.45) is 10.7. The van der Waals surface area contributed by atoms with Gasteiger partial charge in [0.2, 0.25) is 0 Å². The van der Waals surface area contributed by atoms with Gasteiger partial charge in [-0.15, -0.1) is 24.0 Å². The normalized spacial score (nSPS) is 32.0. The van der Waals surface area contributed by atoms with Crippen molar-refractivity contribution in [3.05, 3.63) is 0 Å². The Kier molecular flexibility index (Phi) is 3.66. The zero-order chi connectivity index (χ0) is 10.3. The zero-order valence-corrected chi connectivity index (χ0v) is 12.1. The number of nitrogens with zero attached hydrogens (tertiary/aromatic N) is 1. The summed E-state index contributed by atoms with van der Waals surface area (Å²) in [4.78, 5) is 4.58. The van der Waals surface area contributed by atoms with Crippen molar-refractivity contribution >= 4 is 29.9 Å². The summed E-state index contributed by atoms with van der Waals surface area (Å²) in [5, 5.41) is 3.38. The molecule has 0 aromatic rings. The number of rotatable bonds is 2. The lowest BCUT2D eigenvalue weighted by Crippen LogP contribution is -2.41. The van der Waals surface area contributed by atoms with Crippen LogP contribution in [-0.4, -0.2) is 18.0 Å². The second-order valence-corrected chi connectivity index (χ2v) is 5.58. The van der Waals surface area contributed by atoms with Crippen LogP contribution in [0.15, 0.2) is 4.99 Å². The molecule has 1 atom stereocenters. The molecule has 3 saturated carbocycles. The molecule has 0 bridgehead atoms. The number of nitrogens with one attached hydrogen (secondary N) is 1. The van der Waals surface area contributed by atoms with Crippen LogP contribution in [0.1, 0.15) is 51.4 Å². The van der Waals surface area contributed by atoms with Crippen LogP contribution in [0, 0.1) is 5.41 Å². The van der Waals surface area contributed by atoms with Crippen molar-refractivity contribution in [2.24, 2.45) is 16.1 Å². The van der Waals surface area contributed by atoms with E-state index in [1.165, 1.54) is 51.4 Å². The summed E-state index contributed by atoms with van der Waals surface area (Å²) in [6, 6.07) is 1.16. The summed E-state index contributed by atoms with van der Waals surface area (Å²) in [5.74, 6) is 0.704. The van der Waals surface area contributed by atoms with Crippen molar-refractivity contribution in [1.29, 1.82) is 0 Å². The monoisotopic (exact) mass is 335 g/mol. The van der Waals surface area contributed by atoms with Gasteiger partial charge in [0.15, 0.2) is 5.96 Å². The van der Waals surface area contributed by atoms with Crippen molar-refractivity contribution in [2.75, 3.05) is 0 Å². The van der Waals surface area contributed by atoms with Crippen LogP contribution in [0.25, 0.3) is 0 Å². The van der Waals surface area contributed by atoms with Crippen molar-refractivity contribution in [1.82, 2.24) is 5.32 Å². The van der Waals surface area contributed by atoms with E-state index < -0.39 is 0 Å². The lowest BCUT2D eigenvalue weighted by molar-refractivity contribution is 0.412. The summed E-state index contributed by atoms with van der Waals surface area (Å²) in [7, 11) is 0.